The second-order valence-electron chi connectivity index (χ2n) is 2.59. The highest BCUT2D eigenvalue weighted by Gasteiger charge is 2.11. The SMILES string of the molecule is CCc1csc(C2=NC(=S)N=N2)c1. The van der Waals surface area contributed by atoms with Crippen LogP contribution in [-0.4, -0.2) is 10.9 Å². The Bertz CT molecular complexity index is 403. The first-order valence-corrected chi connectivity index (χ1v) is 5.20. The maximum atomic E-state index is 4.79. The van der Waals surface area contributed by atoms with Gasteiger partial charge in [-0.25, -0.2) is 0 Å². The van der Waals surface area contributed by atoms with Gasteiger partial charge in [-0.3, -0.25) is 0 Å². The van der Waals surface area contributed by atoms with Gasteiger partial charge in [0.15, 0.2) is 5.84 Å². The van der Waals surface area contributed by atoms with Crippen molar-refractivity contribution in [3.63, 3.8) is 0 Å². The molecule has 5 heteroatoms. The molecule has 2 heterocycles. The van der Waals surface area contributed by atoms with Gasteiger partial charge in [-0.2, -0.15) is 4.99 Å². The fourth-order valence-electron chi connectivity index (χ4n) is 1.01. The highest BCUT2D eigenvalue weighted by atomic mass is 32.1. The zero-order chi connectivity index (χ0) is 9.26. The van der Waals surface area contributed by atoms with E-state index in [1.807, 2.05) is 0 Å². The van der Waals surface area contributed by atoms with Gasteiger partial charge < -0.3 is 0 Å². The summed E-state index contributed by atoms with van der Waals surface area (Å²) in [6.07, 6.45) is 1.03. The van der Waals surface area contributed by atoms with Crippen LogP contribution in [0.1, 0.15) is 17.4 Å². The molecule has 0 aromatic carbocycles. The van der Waals surface area contributed by atoms with Crippen LogP contribution in [0, 0.1) is 0 Å². The molecule has 0 bridgehead atoms. The summed E-state index contributed by atoms with van der Waals surface area (Å²) >= 11 is 6.42. The van der Waals surface area contributed by atoms with Crippen LogP contribution in [-0.2, 0) is 6.42 Å². The molecule has 0 N–H and O–H groups in total. The summed E-state index contributed by atoms with van der Waals surface area (Å²) in [7, 11) is 0. The summed E-state index contributed by atoms with van der Waals surface area (Å²) < 4.78 is 0. The van der Waals surface area contributed by atoms with E-state index in [9.17, 15) is 0 Å². The number of azo groups is 1. The van der Waals surface area contributed by atoms with Gasteiger partial charge >= 0.3 is 0 Å². The van der Waals surface area contributed by atoms with Crippen molar-refractivity contribution in [2.45, 2.75) is 13.3 Å². The molecule has 0 saturated carbocycles. The molecule has 0 fully saturated rings. The van der Waals surface area contributed by atoms with Gasteiger partial charge in [0.05, 0.1) is 4.88 Å². The minimum Gasteiger partial charge on any atom is -0.194 e. The maximum absolute atomic E-state index is 4.79. The zero-order valence-electron chi connectivity index (χ0n) is 7.02. The van der Waals surface area contributed by atoms with E-state index in [4.69, 9.17) is 12.2 Å². The number of aliphatic imine (C=N–C) groups is 1. The van der Waals surface area contributed by atoms with Crippen LogP contribution in [0.15, 0.2) is 26.7 Å². The van der Waals surface area contributed by atoms with Crippen LogP contribution in [0.4, 0.5) is 0 Å². The number of hydrogen-bond acceptors (Lipinski definition) is 3. The topological polar surface area (TPSA) is 37.1 Å². The van der Waals surface area contributed by atoms with Gasteiger partial charge in [-0.15, -0.1) is 21.6 Å². The van der Waals surface area contributed by atoms with Gasteiger partial charge in [-0.1, -0.05) is 6.92 Å². The lowest BCUT2D eigenvalue weighted by Crippen LogP contribution is -1.89. The molecule has 0 atom stereocenters. The van der Waals surface area contributed by atoms with Crippen molar-refractivity contribution >= 4 is 34.5 Å². The Hall–Kier alpha value is -0.940. The van der Waals surface area contributed by atoms with Crippen molar-refractivity contribution in [2.75, 3.05) is 0 Å². The van der Waals surface area contributed by atoms with Crippen molar-refractivity contribution in [1.29, 1.82) is 0 Å². The molecule has 0 radical (unpaired) electrons. The molecule has 1 aliphatic heterocycles. The third-order valence-electron chi connectivity index (χ3n) is 1.71. The van der Waals surface area contributed by atoms with E-state index < -0.39 is 0 Å². The number of hydrogen-bond donors (Lipinski definition) is 0. The van der Waals surface area contributed by atoms with Gasteiger partial charge in [0.1, 0.15) is 0 Å². The van der Waals surface area contributed by atoms with E-state index >= 15 is 0 Å². The van der Waals surface area contributed by atoms with E-state index in [1.165, 1.54) is 5.56 Å². The number of rotatable bonds is 2. The van der Waals surface area contributed by atoms with Crippen molar-refractivity contribution in [1.82, 2.24) is 0 Å². The van der Waals surface area contributed by atoms with E-state index in [-0.39, 0.29) is 0 Å². The second kappa shape index (κ2) is 3.43. The molecule has 0 unspecified atom stereocenters. The Labute approximate surface area is 85.2 Å². The summed E-state index contributed by atoms with van der Waals surface area (Å²) in [5.41, 5.74) is 1.30. The van der Waals surface area contributed by atoms with Gasteiger partial charge in [0.25, 0.3) is 0 Å². The molecule has 0 spiro atoms. The first-order chi connectivity index (χ1) is 6.29. The van der Waals surface area contributed by atoms with Crippen LogP contribution in [0.5, 0.6) is 0 Å². The highest BCUT2D eigenvalue weighted by Crippen LogP contribution is 2.19. The Morgan fingerprint density at radius 2 is 2.31 bits per heavy atom. The molecule has 3 nitrogen and oxygen atoms in total. The molecule has 0 amide bonds. The molecule has 0 saturated heterocycles. The van der Waals surface area contributed by atoms with Crippen molar-refractivity contribution < 1.29 is 0 Å². The average Bonchev–Trinajstić information content (AvgIpc) is 2.71. The lowest BCUT2D eigenvalue weighted by Gasteiger charge is -1.86. The summed E-state index contributed by atoms with van der Waals surface area (Å²) in [6, 6.07) is 2.08. The van der Waals surface area contributed by atoms with Crippen LogP contribution in [0.25, 0.3) is 0 Å². The van der Waals surface area contributed by atoms with Gasteiger partial charge in [0.2, 0.25) is 5.11 Å². The fraction of sp³-hybridized carbons (Fsp3) is 0.250. The average molecular weight is 209 g/mol. The number of amidine groups is 1. The minimum atomic E-state index is 0.321. The molecular weight excluding hydrogens is 202 g/mol. The molecule has 13 heavy (non-hydrogen) atoms. The molecule has 1 aromatic heterocycles. The Morgan fingerprint density at radius 3 is 2.85 bits per heavy atom. The summed E-state index contributed by atoms with van der Waals surface area (Å²) in [5.74, 6) is 0.648. The van der Waals surface area contributed by atoms with Gasteiger partial charge in [0, 0.05) is 0 Å². The molecule has 66 valence electrons. The zero-order valence-corrected chi connectivity index (χ0v) is 8.65. The lowest BCUT2D eigenvalue weighted by molar-refractivity contribution is 1.15. The predicted molar refractivity (Wildman–Crippen MR) is 57.7 cm³/mol. The first kappa shape index (κ1) is 8.65. The second-order valence-corrected chi connectivity index (χ2v) is 3.87. The van der Waals surface area contributed by atoms with Crippen LogP contribution in [0.2, 0.25) is 0 Å². The molecular formula is C8H7N3S2. The summed E-state index contributed by atoms with van der Waals surface area (Å²) in [5, 5.41) is 9.99. The highest BCUT2D eigenvalue weighted by molar-refractivity contribution is 7.80. The van der Waals surface area contributed by atoms with Crippen molar-refractivity contribution in [3.8, 4) is 0 Å². The summed E-state index contributed by atoms with van der Waals surface area (Å²) in [4.78, 5) is 5.07. The van der Waals surface area contributed by atoms with E-state index in [2.05, 4.69) is 33.6 Å². The lowest BCUT2D eigenvalue weighted by atomic mass is 10.2. The van der Waals surface area contributed by atoms with Gasteiger partial charge in [-0.05, 0) is 35.6 Å². The largest absolute Gasteiger partial charge is 0.242 e. The Morgan fingerprint density at radius 1 is 1.46 bits per heavy atom. The number of aryl methyl sites for hydroxylation is 1. The standard InChI is InChI=1S/C8H7N3S2/c1-2-5-3-6(13-4-5)7-9-8(12)11-10-7/h3-4H,2H2,1H3. The Kier molecular flexibility index (Phi) is 2.28. The van der Waals surface area contributed by atoms with Crippen LogP contribution >= 0.6 is 23.6 Å². The van der Waals surface area contributed by atoms with Crippen LogP contribution in [0.3, 0.4) is 0 Å². The third kappa shape index (κ3) is 1.71. The number of thiophene rings is 1. The molecule has 0 aliphatic carbocycles. The number of nitrogens with zero attached hydrogens (tertiary/aromatic N) is 3. The Balaban J connectivity index is 2.31. The van der Waals surface area contributed by atoms with Crippen molar-refractivity contribution in [2.24, 2.45) is 15.2 Å². The normalized spacial score (nSPS) is 15.2. The fourth-order valence-corrected chi connectivity index (χ4v) is 2.06. The van der Waals surface area contributed by atoms with E-state index in [0.29, 0.717) is 10.9 Å². The maximum Gasteiger partial charge on any atom is 0.242 e. The monoisotopic (exact) mass is 209 g/mol. The first-order valence-electron chi connectivity index (χ1n) is 3.92. The van der Waals surface area contributed by atoms with Crippen molar-refractivity contribution in [3.05, 3.63) is 21.9 Å². The molecule has 1 aromatic rings. The third-order valence-corrected chi connectivity index (χ3v) is 2.86. The molecule has 1 aliphatic rings. The predicted octanol–water partition coefficient (Wildman–Crippen LogP) is 2.81. The van der Waals surface area contributed by atoms with Crippen LogP contribution < -0.4 is 0 Å². The summed E-state index contributed by atoms with van der Waals surface area (Å²) in [6.45, 7) is 2.12. The van der Waals surface area contributed by atoms with E-state index in [0.717, 1.165) is 11.3 Å². The minimum absolute atomic E-state index is 0.321. The smallest absolute Gasteiger partial charge is 0.194 e. The van der Waals surface area contributed by atoms with E-state index in [1.54, 1.807) is 11.3 Å². The quantitative estimate of drug-likeness (QED) is 0.690. The number of thiocarbonyl (C=S) groups is 1. The molecule has 2 rings (SSSR count).